The van der Waals surface area contributed by atoms with Gasteiger partial charge in [-0.1, -0.05) is 0 Å². The maximum absolute atomic E-state index is 12.0. The number of anilines is 1. The second-order valence-corrected chi connectivity index (χ2v) is 6.43. The quantitative estimate of drug-likeness (QED) is 0.760. The Labute approximate surface area is 127 Å². The van der Waals surface area contributed by atoms with Crippen molar-refractivity contribution in [2.24, 2.45) is 0 Å². The van der Waals surface area contributed by atoms with Crippen LogP contribution in [0.5, 0.6) is 0 Å². The van der Waals surface area contributed by atoms with Gasteiger partial charge in [-0.2, -0.15) is 5.10 Å². The van der Waals surface area contributed by atoms with Crippen LogP contribution in [0.15, 0.2) is 46.5 Å². The van der Waals surface area contributed by atoms with Crippen molar-refractivity contribution in [3.8, 4) is 11.4 Å². The molecule has 0 unspecified atom stereocenters. The van der Waals surface area contributed by atoms with Crippen molar-refractivity contribution in [3.63, 3.8) is 0 Å². The summed E-state index contributed by atoms with van der Waals surface area (Å²) in [5, 5.41) is 9.44. The van der Waals surface area contributed by atoms with E-state index in [1.807, 2.05) is 30.3 Å². The monoisotopic (exact) mass is 348 g/mol. The number of hydrogen-bond donors (Lipinski definition) is 2. The highest BCUT2D eigenvalue weighted by atomic mass is 79.9. The minimum atomic E-state index is -0.117. The minimum Gasteiger partial charge on any atom is -0.321 e. The number of benzene rings is 1. The number of hydrogen-bond acceptors (Lipinski definition) is 4. The van der Waals surface area contributed by atoms with Crippen LogP contribution in [0.25, 0.3) is 11.4 Å². The largest absolute Gasteiger partial charge is 0.321 e. The van der Waals surface area contributed by atoms with E-state index in [4.69, 9.17) is 0 Å². The molecule has 20 heavy (non-hydrogen) atoms. The van der Waals surface area contributed by atoms with Gasteiger partial charge in [0.25, 0.3) is 5.91 Å². The maximum Gasteiger partial charge on any atom is 0.265 e. The molecule has 1 aromatic carbocycles. The molecule has 0 spiro atoms. The molecule has 0 aliphatic heterocycles. The molecule has 0 aliphatic carbocycles. The highest BCUT2D eigenvalue weighted by Gasteiger charge is 2.09. The molecule has 0 bridgehead atoms. The van der Waals surface area contributed by atoms with Gasteiger partial charge in [0.05, 0.1) is 8.66 Å². The number of thiophene rings is 1. The zero-order valence-corrected chi connectivity index (χ0v) is 12.5. The van der Waals surface area contributed by atoms with E-state index in [0.717, 1.165) is 15.0 Å². The van der Waals surface area contributed by atoms with Crippen molar-refractivity contribution in [2.75, 3.05) is 5.32 Å². The van der Waals surface area contributed by atoms with Gasteiger partial charge in [-0.15, -0.1) is 11.3 Å². The SMILES string of the molecule is O=C(Nc1ccc(-c2ncn[nH]2)cc1)c1ccc(Br)s1. The van der Waals surface area contributed by atoms with E-state index in [1.54, 1.807) is 6.07 Å². The maximum atomic E-state index is 12.0. The van der Waals surface area contributed by atoms with Gasteiger partial charge in [-0.05, 0) is 52.3 Å². The van der Waals surface area contributed by atoms with Crippen LogP contribution in [-0.2, 0) is 0 Å². The predicted molar refractivity (Wildman–Crippen MR) is 81.8 cm³/mol. The summed E-state index contributed by atoms with van der Waals surface area (Å²) in [5.41, 5.74) is 1.65. The number of rotatable bonds is 3. The molecular weight excluding hydrogens is 340 g/mol. The number of H-pyrrole nitrogens is 1. The third-order valence-corrected chi connectivity index (χ3v) is 4.25. The molecule has 2 aromatic heterocycles. The molecule has 3 rings (SSSR count). The molecule has 0 saturated carbocycles. The molecule has 2 heterocycles. The van der Waals surface area contributed by atoms with Crippen LogP contribution in [-0.4, -0.2) is 21.1 Å². The molecule has 0 fully saturated rings. The van der Waals surface area contributed by atoms with Crippen LogP contribution in [0.3, 0.4) is 0 Å². The lowest BCUT2D eigenvalue weighted by molar-refractivity contribution is 0.103. The first kappa shape index (κ1) is 13.0. The summed E-state index contributed by atoms with van der Waals surface area (Å²) >= 11 is 4.74. The van der Waals surface area contributed by atoms with Crippen LogP contribution < -0.4 is 5.32 Å². The van der Waals surface area contributed by atoms with Gasteiger partial charge in [0.2, 0.25) is 0 Å². The van der Waals surface area contributed by atoms with Crippen molar-refractivity contribution in [1.82, 2.24) is 15.2 Å². The van der Waals surface area contributed by atoms with E-state index in [2.05, 4.69) is 36.4 Å². The van der Waals surface area contributed by atoms with Crippen LogP contribution in [0.1, 0.15) is 9.67 Å². The number of nitrogens with zero attached hydrogens (tertiary/aromatic N) is 2. The van der Waals surface area contributed by atoms with Crippen molar-refractivity contribution < 1.29 is 4.79 Å². The molecule has 2 N–H and O–H groups in total. The Kier molecular flexibility index (Phi) is 3.62. The zero-order chi connectivity index (χ0) is 13.9. The number of carbonyl (C=O) groups is 1. The molecule has 7 heteroatoms. The van der Waals surface area contributed by atoms with Gasteiger partial charge in [-0.25, -0.2) is 4.98 Å². The lowest BCUT2D eigenvalue weighted by atomic mass is 10.2. The first-order valence-electron chi connectivity index (χ1n) is 5.75. The summed E-state index contributed by atoms with van der Waals surface area (Å²) in [5.74, 6) is 0.582. The fourth-order valence-corrected chi connectivity index (χ4v) is 2.97. The number of nitrogens with one attached hydrogen (secondary N) is 2. The Bertz CT molecular complexity index is 721. The lowest BCUT2D eigenvalue weighted by Gasteiger charge is -2.04. The number of carbonyl (C=O) groups excluding carboxylic acids is 1. The van der Waals surface area contributed by atoms with Gasteiger partial charge in [-0.3, -0.25) is 9.89 Å². The first-order chi connectivity index (χ1) is 9.72. The number of amides is 1. The van der Waals surface area contributed by atoms with Crippen molar-refractivity contribution in [3.05, 3.63) is 51.4 Å². The van der Waals surface area contributed by atoms with Crippen LogP contribution >= 0.6 is 27.3 Å². The number of aromatic nitrogens is 3. The normalized spacial score (nSPS) is 10.4. The molecule has 1 amide bonds. The van der Waals surface area contributed by atoms with Gasteiger partial charge < -0.3 is 5.32 Å². The minimum absolute atomic E-state index is 0.117. The van der Waals surface area contributed by atoms with Gasteiger partial charge in [0, 0.05) is 11.3 Å². The van der Waals surface area contributed by atoms with Gasteiger partial charge in [0.15, 0.2) is 5.82 Å². The fourth-order valence-electron chi connectivity index (χ4n) is 1.69. The number of halogens is 1. The van der Waals surface area contributed by atoms with E-state index < -0.39 is 0 Å². The van der Waals surface area contributed by atoms with Gasteiger partial charge >= 0.3 is 0 Å². The van der Waals surface area contributed by atoms with E-state index in [9.17, 15) is 4.79 Å². The average molecular weight is 349 g/mol. The summed E-state index contributed by atoms with van der Waals surface area (Å²) in [6, 6.07) is 11.1. The summed E-state index contributed by atoms with van der Waals surface area (Å²) in [7, 11) is 0. The fraction of sp³-hybridized carbons (Fsp3) is 0. The summed E-state index contributed by atoms with van der Waals surface area (Å²) in [6.45, 7) is 0. The molecule has 5 nitrogen and oxygen atoms in total. The number of aromatic amines is 1. The highest BCUT2D eigenvalue weighted by Crippen LogP contribution is 2.23. The van der Waals surface area contributed by atoms with Crippen molar-refractivity contribution >= 4 is 38.9 Å². The zero-order valence-electron chi connectivity index (χ0n) is 10.1. The molecule has 3 aromatic rings. The average Bonchev–Trinajstić information content (AvgIpc) is 3.10. The second kappa shape index (κ2) is 5.56. The second-order valence-electron chi connectivity index (χ2n) is 3.97. The Hall–Kier alpha value is -1.99. The standard InChI is InChI=1S/C13H9BrN4OS/c14-11-6-5-10(20-11)13(19)17-9-3-1-8(2-4-9)12-15-7-16-18-12/h1-7H,(H,17,19)(H,15,16,18). The van der Waals surface area contributed by atoms with E-state index in [-0.39, 0.29) is 5.91 Å². The van der Waals surface area contributed by atoms with E-state index >= 15 is 0 Å². The lowest BCUT2D eigenvalue weighted by Crippen LogP contribution is -2.09. The predicted octanol–water partition coefficient (Wildman–Crippen LogP) is 3.55. The Morgan fingerprint density at radius 1 is 1.20 bits per heavy atom. The first-order valence-corrected chi connectivity index (χ1v) is 7.36. The van der Waals surface area contributed by atoms with Crippen molar-refractivity contribution in [1.29, 1.82) is 0 Å². The summed E-state index contributed by atoms with van der Waals surface area (Å²) in [6.07, 6.45) is 1.46. The summed E-state index contributed by atoms with van der Waals surface area (Å²) < 4.78 is 0.934. The Morgan fingerprint density at radius 2 is 2.00 bits per heavy atom. The molecule has 0 atom stereocenters. The highest BCUT2D eigenvalue weighted by molar-refractivity contribution is 9.11. The summed E-state index contributed by atoms with van der Waals surface area (Å²) in [4.78, 5) is 16.7. The third-order valence-electron chi connectivity index (χ3n) is 2.63. The molecule has 0 aliphatic rings. The Balaban J connectivity index is 1.74. The van der Waals surface area contributed by atoms with Crippen LogP contribution in [0.2, 0.25) is 0 Å². The molecule has 0 radical (unpaired) electrons. The Morgan fingerprint density at radius 3 is 2.60 bits per heavy atom. The third kappa shape index (κ3) is 2.78. The van der Waals surface area contributed by atoms with E-state index in [0.29, 0.717) is 10.7 Å². The van der Waals surface area contributed by atoms with E-state index in [1.165, 1.54) is 17.7 Å². The molecular formula is C13H9BrN4OS. The van der Waals surface area contributed by atoms with Crippen LogP contribution in [0, 0.1) is 0 Å². The smallest absolute Gasteiger partial charge is 0.265 e. The molecule has 100 valence electrons. The van der Waals surface area contributed by atoms with Gasteiger partial charge in [0.1, 0.15) is 6.33 Å². The topological polar surface area (TPSA) is 70.7 Å². The molecule has 0 saturated heterocycles. The van der Waals surface area contributed by atoms with Crippen LogP contribution in [0.4, 0.5) is 5.69 Å². The van der Waals surface area contributed by atoms with Crippen molar-refractivity contribution in [2.45, 2.75) is 0 Å².